The number of aryl methyl sites for hydroxylation is 1. The van der Waals surface area contributed by atoms with Crippen LogP contribution in [-0.4, -0.2) is 30.7 Å². The second-order valence-corrected chi connectivity index (χ2v) is 6.58. The second-order valence-electron chi connectivity index (χ2n) is 4.21. The summed E-state index contributed by atoms with van der Waals surface area (Å²) in [6.45, 7) is 7.01. The number of H-pyrrole nitrogens is 1. The number of ketones is 1. The molecule has 1 atom stereocenters. The van der Waals surface area contributed by atoms with Crippen molar-refractivity contribution in [3.8, 4) is 0 Å². The quantitative estimate of drug-likeness (QED) is 0.819. The molecule has 0 aliphatic carbocycles. The van der Waals surface area contributed by atoms with Crippen LogP contribution >= 0.6 is 0 Å². The number of hydrogen-bond donors (Lipinski definition) is 1. The zero-order valence-electron chi connectivity index (χ0n) is 10.2. The maximum absolute atomic E-state index is 12.0. The lowest BCUT2D eigenvalue weighted by atomic mass is 10.1. The molecule has 1 heterocycles. The van der Waals surface area contributed by atoms with E-state index in [4.69, 9.17) is 0 Å². The van der Waals surface area contributed by atoms with Crippen LogP contribution in [0.15, 0.2) is 0 Å². The van der Waals surface area contributed by atoms with E-state index >= 15 is 0 Å². The van der Waals surface area contributed by atoms with E-state index in [2.05, 4.69) is 4.98 Å². The summed E-state index contributed by atoms with van der Waals surface area (Å²) in [5.41, 5.74) is 3.15. The maximum atomic E-state index is 12.0. The highest BCUT2D eigenvalue weighted by Gasteiger charge is 2.27. The van der Waals surface area contributed by atoms with Gasteiger partial charge in [-0.25, -0.2) is 8.42 Å². The first-order valence-electron chi connectivity index (χ1n) is 5.05. The largest absolute Gasteiger partial charge is 0.356 e. The molecule has 5 heteroatoms. The Bertz CT molecular complexity index is 526. The lowest BCUT2D eigenvalue weighted by molar-refractivity contribution is 0.0986. The van der Waals surface area contributed by atoms with Crippen LogP contribution in [0.4, 0.5) is 0 Å². The van der Waals surface area contributed by atoms with E-state index < -0.39 is 15.1 Å². The van der Waals surface area contributed by atoms with Gasteiger partial charge in [0.15, 0.2) is 15.6 Å². The van der Waals surface area contributed by atoms with Gasteiger partial charge in [-0.2, -0.15) is 0 Å². The van der Waals surface area contributed by atoms with Gasteiger partial charge in [-0.1, -0.05) is 0 Å². The van der Waals surface area contributed by atoms with Crippen LogP contribution in [0, 0.1) is 20.8 Å². The van der Waals surface area contributed by atoms with E-state index in [1.807, 2.05) is 20.8 Å². The summed E-state index contributed by atoms with van der Waals surface area (Å²) < 4.78 is 22.6. The Kier molecular flexibility index (Phi) is 3.28. The van der Waals surface area contributed by atoms with Crippen molar-refractivity contribution in [3.05, 3.63) is 22.5 Å². The van der Waals surface area contributed by atoms with Gasteiger partial charge in [0.05, 0.1) is 5.69 Å². The van der Waals surface area contributed by atoms with Crippen LogP contribution in [0.1, 0.15) is 34.2 Å². The minimum Gasteiger partial charge on any atom is -0.356 e. The molecule has 0 aromatic carbocycles. The van der Waals surface area contributed by atoms with Crippen molar-refractivity contribution in [2.75, 3.05) is 6.26 Å². The van der Waals surface area contributed by atoms with E-state index in [1.165, 1.54) is 6.92 Å². The molecule has 0 radical (unpaired) electrons. The first-order chi connectivity index (χ1) is 7.16. The molecule has 0 saturated heterocycles. The van der Waals surface area contributed by atoms with Gasteiger partial charge in [-0.15, -0.1) is 0 Å². The minimum atomic E-state index is -3.34. The Hall–Kier alpha value is -1.10. The molecule has 1 aromatic rings. The molecule has 1 aromatic heterocycles. The number of carbonyl (C=O) groups excluding carboxylic acids is 1. The molecule has 0 amide bonds. The van der Waals surface area contributed by atoms with Crippen LogP contribution in [-0.2, 0) is 9.84 Å². The molecule has 0 fully saturated rings. The molecule has 90 valence electrons. The number of sulfone groups is 1. The van der Waals surface area contributed by atoms with Crippen molar-refractivity contribution in [2.45, 2.75) is 32.9 Å². The molecule has 1 N–H and O–H groups in total. The summed E-state index contributed by atoms with van der Waals surface area (Å²) in [5.74, 6) is -0.365. The zero-order chi connectivity index (χ0) is 12.7. The lowest BCUT2D eigenvalue weighted by Gasteiger charge is -2.07. The fourth-order valence-electron chi connectivity index (χ4n) is 1.49. The lowest BCUT2D eigenvalue weighted by Crippen LogP contribution is -2.27. The highest BCUT2D eigenvalue weighted by atomic mass is 32.2. The molecule has 0 aliphatic rings. The molecule has 0 saturated carbocycles. The predicted molar refractivity (Wildman–Crippen MR) is 63.6 cm³/mol. The highest BCUT2D eigenvalue weighted by Crippen LogP contribution is 2.19. The van der Waals surface area contributed by atoms with Crippen molar-refractivity contribution in [3.63, 3.8) is 0 Å². The molecular weight excluding hydrogens is 226 g/mol. The number of aromatic nitrogens is 1. The highest BCUT2D eigenvalue weighted by molar-refractivity contribution is 7.92. The summed E-state index contributed by atoms with van der Waals surface area (Å²) in [4.78, 5) is 14.9. The molecule has 1 rings (SSSR count). The van der Waals surface area contributed by atoms with E-state index in [1.54, 1.807) is 0 Å². The average molecular weight is 243 g/mol. The summed E-state index contributed by atoms with van der Waals surface area (Å²) in [6.07, 6.45) is 1.08. The topological polar surface area (TPSA) is 67.0 Å². The third-order valence-electron chi connectivity index (χ3n) is 3.07. The van der Waals surface area contributed by atoms with Gasteiger partial charge >= 0.3 is 0 Å². The molecule has 0 bridgehead atoms. The van der Waals surface area contributed by atoms with Crippen LogP contribution in [0.25, 0.3) is 0 Å². The van der Waals surface area contributed by atoms with Gasteiger partial charge < -0.3 is 4.98 Å². The van der Waals surface area contributed by atoms with Gasteiger partial charge in [0.1, 0.15) is 5.25 Å². The van der Waals surface area contributed by atoms with E-state index in [0.29, 0.717) is 5.69 Å². The van der Waals surface area contributed by atoms with Crippen molar-refractivity contribution in [1.82, 2.24) is 4.98 Å². The van der Waals surface area contributed by atoms with Crippen molar-refractivity contribution >= 4 is 15.6 Å². The standard InChI is InChI=1S/C11H17NO3S/c1-6-7(2)10(12-8(6)3)11(13)9(4)16(5,14)15/h9,12H,1-5H3. The molecule has 4 nitrogen and oxygen atoms in total. The number of nitrogens with one attached hydrogen (secondary N) is 1. The first-order valence-corrected chi connectivity index (χ1v) is 7.00. The smallest absolute Gasteiger partial charge is 0.197 e. The third kappa shape index (κ3) is 2.19. The van der Waals surface area contributed by atoms with Crippen LogP contribution in [0.3, 0.4) is 0 Å². The minimum absolute atomic E-state index is 0.365. The Labute approximate surface area is 96.0 Å². The maximum Gasteiger partial charge on any atom is 0.197 e. The van der Waals surface area contributed by atoms with Crippen LogP contribution in [0.5, 0.6) is 0 Å². The summed E-state index contributed by atoms with van der Waals surface area (Å²) in [6, 6.07) is 0. The summed E-state index contributed by atoms with van der Waals surface area (Å²) in [5, 5.41) is -0.997. The summed E-state index contributed by atoms with van der Waals surface area (Å²) >= 11 is 0. The van der Waals surface area contributed by atoms with Crippen LogP contribution < -0.4 is 0 Å². The Morgan fingerprint density at radius 1 is 1.19 bits per heavy atom. The van der Waals surface area contributed by atoms with E-state index in [9.17, 15) is 13.2 Å². The van der Waals surface area contributed by atoms with E-state index in [-0.39, 0.29) is 5.78 Å². The SMILES string of the molecule is Cc1[nH]c(C(=O)C(C)S(C)(=O)=O)c(C)c1C. The number of Topliss-reactive ketones (excluding diaryl/α,β-unsaturated/α-hetero) is 1. The third-order valence-corrected chi connectivity index (χ3v) is 4.57. The van der Waals surface area contributed by atoms with Crippen LogP contribution in [0.2, 0.25) is 0 Å². The van der Waals surface area contributed by atoms with Gasteiger partial charge in [0.2, 0.25) is 0 Å². The number of hydrogen-bond acceptors (Lipinski definition) is 3. The molecule has 1 unspecified atom stereocenters. The fourth-order valence-corrected chi connectivity index (χ4v) is 1.99. The van der Waals surface area contributed by atoms with Gasteiger partial charge in [0, 0.05) is 11.9 Å². The first kappa shape index (κ1) is 13.0. The number of aromatic amines is 1. The molecule has 0 spiro atoms. The zero-order valence-corrected chi connectivity index (χ0v) is 11.0. The monoisotopic (exact) mass is 243 g/mol. The number of carbonyl (C=O) groups is 1. The molecular formula is C11H17NO3S. The van der Waals surface area contributed by atoms with Gasteiger partial charge in [-0.3, -0.25) is 4.79 Å². The normalized spacial score (nSPS) is 13.8. The molecule has 0 aliphatic heterocycles. The van der Waals surface area contributed by atoms with Crippen molar-refractivity contribution in [2.24, 2.45) is 0 Å². The second kappa shape index (κ2) is 4.05. The van der Waals surface area contributed by atoms with Gasteiger partial charge in [-0.05, 0) is 38.8 Å². The Balaban J connectivity index is 3.21. The Morgan fingerprint density at radius 2 is 1.69 bits per heavy atom. The average Bonchev–Trinajstić information content (AvgIpc) is 2.42. The predicted octanol–water partition coefficient (Wildman–Crippen LogP) is 1.56. The molecule has 16 heavy (non-hydrogen) atoms. The number of rotatable bonds is 3. The summed E-state index contributed by atoms with van der Waals surface area (Å²) in [7, 11) is -3.34. The van der Waals surface area contributed by atoms with Crippen molar-refractivity contribution in [1.29, 1.82) is 0 Å². The van der Waals surface area contributed by atoms with Gasteiger partial charge in [0.25, 0.3) is 0 Å². The Morgan fingerprint density at radius 3 is 2.00 bits per heavy atom. The van der Waals surface area contributed by atoms with Crippen molar-refractivity contribution < 1.29 is 13.2 Å². The van der Waals surface area contributed by atoms with E-state index in [0.717, 1.165) is 23.1 Å². The fraction of sp³-hybridized carbons (Fsp3) is 0.545.